The molecule has 102 valence electrons. The molecule has 0 saturated carbocycles. The summed E-state index contributed by atoms with van der Waals surface area (Å²) in [6, 6.07) is 0. The van der Waals surface area contributed by atoms with Crippen LogP contribution in [0.4, 0.5) is 0 Å². The van der Waals surface area contributed by atoms with Crippen molar-refractivity contribution in [3.63, 3.8) is 0 Å². The molecule has 1 heterocycles. The van der Waals surface area contributed by atoms with Crippen LogP contribution in [0.25, 0.3) is 0 Å². The highest BCUT2D eigenvalue weighted by molar-refractivity contribution is 7.90. The summed E-state index contributed by atoms with van der Waals surface area (Å²) in [6.45, 7) is 3.16. The molecule has 0 aliphatic carbocycles. The molecular formula is C13H22N2S3. The van der Waals surface area contributed by atoms with Crippen LogP contribution in [0.1, 0.15) is 51.9 Å². The standard InChI is InChI=1S/C13H22N2S3/c1-3-4-5-6-7-8-9-10-15-12(17)11(16)14(2)13(15)18/h3-10H2,1-2H3. The summed E-state index contributed by atoms with van der Waals surface area (Å²) in [7, 11) is 1.89. The molecule has 5 heteroatoms. The zero-order valence-corrected chi connectivity index (χ0v) is 13.7. The van der Waals surface area contributed by atoms with E-state index in [4.69, 9.17) is 36.7 Å². The van der Waals surface area contributed by atoms with E-state index in [1.807, 2.05) is 16.8 Å². The number of rotatable bonds is 8. The summed E-state index contributed by atoms with van der Waals surface area (Å²) >= 11 is 15.9. The van der Waals surface area contributed by atoms with Crippen molar-refractivity contribution in [1.82, 2.24) is 9.80 Å². The van der Waals surface area contributed by atoms with Crippen LogP contribution in [0, 0.1) is 0 Å². The third-order valence-electron chi connectivity index (χ3n) is 3.24. The average molecular weight is 303 g/mol. The molecule has 1 rings (SSSR count). The van der Waals surface area contributed by atoms with Gasteiger partial charge in [-0.2, -0.15) is 0 Å². The normalized spacial score (nSPS) is 16.0. The third kappa shape index (κ3) is 4.21. The Hall–Kier alpha value is -0.130. The molecular weight excluding hydrogens is 280 g/mol. The first kappa shape index (κ1) is 15.9. The second-order valence-electron chi connectivity index (χ2n) is 4.72. The summed E-state index contributed by atoms with van der Waals surface area (Å²) in [6.07, 6.45) is 9.09. The minimum atomic E-state index is 0.693. The van der Waals surface area contributed by atoms with Gasteiger partial charge in [0.25, 0.3) is 0 Å². The fraction of sp³-hybridized carbons (Fsp3) is 0.769. The van der Waals surface area contributed by atoms with Gasteiger partial charge in [-0.3, -0.25) is 0 Å². The fourth-order valence-corrected chi connectivity index (χ4v) is 2.94. The van der Waals surface area contributed by atoms with Crippen LogP contribution in [0.3, 0.4) is 0 Å². The predicted octanol–water partition coefficient (Wildman–Crippen LogP) is 3.92. The molecule has 0 atom stereocenters. The summed E-state index contributed by atoms with van der Waals surface area (Å²) in [5.74, 6) is 0. The molecule has 1 fully saturated rings. The van der Waals surface area contributed by atoms with Crippen LogP contribution < -0.4 is 0 Å². The summed E-state index contributed by atoms with van der Waals surface area (Å²) in [5.41, 5.74) is 0. The zero-order chi connectivity index (χ0) is 13.5. The monoisotopic (exact) mass is 302 g/mol. The van der Waals surface area contributed by atoms with Crippen molar-refractivity contribution < 1.29 is 0 Å². The second-order valence-corrected chi connectivity index (χ2v) is 5.86. The van der Waals surface area contributed by atoms with Crippen molar-refractivity contribution in [2.45, 2.75) is 51.9 Å². The van der Waals surface area contributed by atoms with E-state index >= 15 is 0 Å². The van der Waals surface area contributed by atoms with Crippen molar-refractivity contribution in [2.75, 3.05) is 13.6 Å². The van der Waals surface area contributed by atoms with Crippen LogP contribution in [0.5, 0.6) is 0 Å². The van der Waals surface area contributed by atoms with Gasteiger partial charge in [-0.1, -0.05) is 69.9 Å². The van der Waals surface area contributed by atoms with Gasteiger partial charge < -0.3 is 9.80 Å². The highest BCUT2D eigenvalue weighted by Crippen LogP contribution is 2.15. The predicted molar refractivity (Wildman–Crippen MR) is 90.3 cm³/mol. The Balaban J connectivity index is 2.18. The van der Waals surface area contributed by atoms with Gasteiger partial charge in [-0.15, -0.1) is 0 Å². The molecule has 18 heavy (non-hydrogen) atoms. The summed E-state index contributed by atoms with van der Waals surface area (Å²) in [5, 5.41) is 0.760. The quantitative estimate of drug-likeness (QED) is 0.494. The Morgan fingerprint density at radius 2 is 1.39 bits per heavy atom. The number of thiocarbonyl (C=S) groups is 3. The molecule has 0 aromatic rings. The van der Waals surface area contributed by atoms with Crippen molar-refractivity contribution in [2.24, 2.45) is 0 Å². The fourth-order valence-electron chi connectivity index (χ4n) is 2.04. The van der Waals surface area contributed by atoms with Crippen LogP contribution >= 0.6 is 36.7 Å². The number of unbranched alkanes of at least 4 members (excludes halogenated alkanes) is 6. The van der Waals surface area contributed by atoms with E-state index in [0.29, 0.717) is 4.99 Å². The Labute approximate surface area is 127 Å². The van der Waals surface area contributed by atoms with E-state index in [1.54, 1.807) is 0 Å². The lowest BCUT2D eigenvalue weighted by Gasteiger charge is -2.17. The first-order valence-electron chi connectivity index (χ1n) is 6.73. The molecule has 0 amide bonds. The molecule has 0 bridgehead atoms. The van der Waals surface area contributed by atoms with Gasteiger partial charge in [-0.05, 0) is 18.6 Å². The van der Waals surface area contributed by atoms with Crippen molar-refractivity contribution in [3.8, 4) is 0 Å². The van der Waals surface area contributed by atoms with Gasteiger partial charge >= 0.3 is 0 Å². The number of likely N-dealkylation sites (N-methyl/N-ethyl adjacent to an activating group) is 1. The van der Waals surface area contributed by atoms with E-state index in [2.05, 4.69) is 6.92 Å². The van der Waals surface area contributed by atoms with E-state index in [9.17, 15) is 0 Å². The highest BCUT2D eigenvalue weighted by Gasteiger charge is 2.31. The average Bonchev–Trinajstić information content (AvgIpc) is 2.55. The molecule has 0 spiro atoms. The van der Waals surface area contributed by atoms with Crippen LogP contribution in [0.15, 0.2) is 0 Å². The molecule has 1 aliphatic heterocycles. The van der Waals surface area contributed by atoms with E-state index in [-0.39, 0.29) is 0 Å². The largest absolute Gasteiger partial charge is 0.310 e. The zero-order valence-electron chi connectivity index (χ0n) is 11.3. The molecule has 0 aromatic carbocycles. The molecule has 0 aromatic heterocycles. The third-order valence-corrected chi connectivity index (χ3v) is 4.74. The van der Waals surface area contributed by atoms with Gasteiger partial charge in [0.15, 0.2) is 5.11 Å². The molecule has 1 saturated heterocycles. The van der Waals surface area contributed by atoms with Gasteiger partial charge in [0.05, 0.1) is 0 Å². The lowest BCUT2D eigenvalue weighted by atomic mass is 10.1. The lowest BCUT2D eigenvalue weighted by molar-refractivity contribution is 0.523. The lowest BCUT2D eigenvalue weighted by Crippen LogP contribution is -2.31. The maximum atomic E-state index is 5.33. The maximum Gasteiger partial charge on any atom is 0.181 e. The topological polar surface area (TPSA) is 6.48 Å². The molecule has 0 unspecified atom stereocenters. The van der Waals surface area contributed by atoms with Gasteiger partial charge in [0.1, 0.15) is 9.98 Å². The second kappa shape index (κ2) is 8.12. The SMILES string of the molecule is CCCCCCCCCN1C(=S)C(=S)N(C)C1=S. The van der Waals surface area contributed by atoms with E-state index < -0.39 is 0 Å². The van der Waals surface area contributed by atoms with Gasteiger partial charge in [0, 0.05) is 13.6 Å². The summed E-state index contributed by atoms with van der Waals surface area (Å²) in [4.78, 5) is 5.24. The minimum absolute atomic E-state index is 0.693. The number of nitrogens with zero attached hydrogens (tertiary/aromatic N) is 2. The van der Waals surface area contributed by atoms with Gasteiger partial charge in [0.2, 0.25) is 0 Å². The van der Waals surface area contributed by atoms with Crippen LogP contribution in [-0.2, 0) is 0 Å². The Morgan fingerprint density at radius 3 is 1.89 bits per heavy atom. The van der Waals surface area contributed by atoms with Crippen LogP contribution in [0.2, 0.25) is 0 Å². The van der Waals surface area contributed by atoms with E-state index in [0.717, 1.165) is 23.1 Å². The van der Waals surface area contributed by atoms with Gasteiger partial charge in [-0.25, -0.2) is 0 Å². The molecule has 0 radical (unpaired) electrons. The molecule has 0 N–H and O–H groups in total. The first-order chi connectivity index (χ1) is 8.59. The smallest absolute Gasteiger partial charge is 0.181 e. The Bertz CT molecular complexity index is 328. The summed E-state index contributed by atoms with van der Waals surface area (Å²) < 4.78 is 0. The first-order valence-corrected chi connectivity index (χ1v) is 7.95. The maximum absolute atomic E-state index is 5.33. The Morgan fingerprint density at radius 1 is 0.833 bits per heavy atom. The molecule has 2 nitrogen and oxygen atoms in total. The van der Waals surface area contributed by atoms with Crippen LogP contribution in [-0.4, -0.2) is 38.5 Å². The molecule has 1 aliphatic rings. The van der Waals surface area contributed by atoms with Crippen molar-refractivity contribution in [3.05, 3.63) is 0 Å². The highest BCUT2D eigenvalue weighted by atomic mass is 32.1. The number of hydrogen-bond donors (Lipinski definition) is 0. The Kier molecular flexibility index (Phi) is 7.19. The van der Waals surface area contributed by atoms with Crippen molar-refractivity contribution >= 4 is 51.7 Å². The van der Waals surface area contributed by atoms with Crippen molar-refractivity contribution in [1.29, 1.82) is 0 Å². The number of hydrogen-bond acceptors (Lipinski definition) is 3. The van der Waals surface area contributed by atoms with E-state index in [1.165, 1.54) is 38.5 Å². The minimum Gasteiger partial charge on any atom is -0.310 e.